The third-order valence-electron chi connectivity index (χ3n) is 2.40. The monoisotopic (exact) mass is 229 g/mol. The molecule has 0 aliphatic heterocycles. The quantitative estimate of drug-likeness (QED) is 0.806. The van der Waals surface area contributed by atoms with Crippen LogP contribution in [0.3, 0.4) is 0 Å². The van der Waals surface area contributed by atoms with Gasteiger partial charge in [0.05, 0.1) is 5.69 Å². The molecule has 0 amide bonds. The van der Waals surface area contributed by atoms with Gasteiger partial charge < -0.3 is 5.73 Å². The van der Waals surface area contributed by atoms with Crippen molar-refractivity contribution in [2.45, 2.75) is 31.3 Å². The Hall–Kier alpha value is -0.900. The van der Waals surface area contributed by atoms with E-state index in [4.69, 9.17) is 5.73 Å². The molecule has 15 heavy (non-hydrogen) atoms. The van der Waals surface area contributed by atoms with Gasteiger partial charge in [-0.1, -0.05) is 19.9 Å². The van der Waals surface area contributed by atoms with Crippen molar-refractivity contribution >= 4 is 16.5 Å². The van der Waals surface area contributed by atoms with Crippen LogP contribution in [0, 0.1) is 5.82 Å². The van der Waals surface area contributed by atoms with E-state index in [9.17, 15) is 8.60 Å². The standard InChI is InChI=1S/C11H16FNOS/c1-3-8(2)15(14)7-9-4-5-11(13)10(12)6-9/h4-6,8H,3,7,13H2,1-2H3. The first-order valence-corrected chi connectivity index (χ1v) is 6.34. The first-order chi connectivity index (χ1) is 7.04. The summed E-state index contributed by atoms with van der Waals surface area (Å²) in [5, 5.41) is 0.144. The number of rotatable bonds is 4. The van der Waals surface area contributed by atoms with E-state index in [1.165, 1.54) is 12.1 Å². The normalized spacial score (nSPS) is 14.9. The van der Waals surface area contributed by atoms with E-state index in [2.05, 4.69) is 0 Å². The second kappa shape index (κ2) is 5.26. The maximum absolute atomic E-state index is 13.1. The first kappa shape index (κ1) is 12.2. The third-order valence-corrected chi connectivity index (χ3v) is 4.25. The fraction of sp³-hybridized carbons (Fsp3) is 0.455. The molecule has 0 saturated heterocycles. The molecule has 4 heteroatoms. The van der Waals surface area contributed by atoms with Crippen LogP contribution in [0.15, 0.2) is 18.2 Å². The molecule has 0 spiro atoms. The van der Waals surface area contributed by atoms with Gasteiger partial charge >= 0.3 is 0 Å². The summed E-state index contributed by atoms with van der Waals surface area (Å²) in [5.74, 6) is -0.0414. The number of halogens is 1. The first-order valence-electron chi connectivity index (χ1n) is 4.95. The van der Waals surface area contributed by atoms with Crippen molar-refractivity contribution in [3.63, 3.8) is 0 Å². The van der Waals surface area contributed by atoms with E-state index in [0.29, 0.717) is 5.75 Å². The summed E-state index contributed by atoms with van der Waals surface area (Å²) >= 11 is 0. The molecule has 2 N–H and O–H groups in total. The topological polar surface area (TPSA) is 43.1 Å². The molecule has 0 aliphatic rings. The average Bonchev–Trinajstić information content (AvgIpc) is 2.22. The lowest BCUT2D eigenvalue weighted by atomic mass is 10.2. The maximum atomic E-state index is 13.1. The Balaban J connectivity index is 2.73. The summed E-state index contributed by atoms with van der Waals surface area (Å²) < 4.78 is 24.8. The van der Waals surface area contributed by atoms with Gasteiger partial charge in [-0.3, -0.25) is 4.21 Å². The fourth-order valence-corrected chi connectivity index (χ4v) is 2.32. The molecule has 0 bridgehead atoms. The lowest BCUT2D eigenvalue weighted by Gasteiger charge is -2.08. The minimum Gasteiger partial charge on any atom is -0.396 e. The van der Waals surface area contributed by atoms with Crippen molar-refractivity contribution in [1.82, 2.24) is 0 Å². The van der Waals surface area contributed by atoms with Gasteiger partial charge in [-0.15, -0.1) is 0 Å². The van der Waals surface area contributed by atoms with Crippen molar-refractivity contribution in [2.75, 3.05) is 5.73 Å². The van der Waals surface area contributed by atoms with Gasteiger partial charge in [0.25, 0.3) is 0 Å². The molecule has 84 valence electrons. The molecular formula is C11H16FNOS. The largest absolute Gasteiger partial charge is 0.396 e. The fourth-order valence-electron chi connectivity index (χ4n) is 1.15. The van der Waals surface area contributed by atoms with Crippen LogP contribution in [0.4, 0.5) is 10.1 Å². The highest BCUT2D eigenvalue weighted by atomic mass is 32.2. The molecule has 0 radical (unpaired) electrons. The van der Waals surface area contributed by atoms with Crippen molar-refractivity contribution in [1.29, 1.82) is 0 Å². The smallest absolute Gasteiger partial charge is 0.146 e. The summed E-state index contributed by atoms with van der Waals surface area (Å²) in [6.07, 6.45) is 0.865. The Bertz CT molecular complexity index is 368. The third kappa shape index (κ3) is 3.30. The zero-order valence-corrected chi connectivity index (χ0v) is 9.81. The van der Waals surface area contributed by atoms with Crippen molar-refractivity contribution in [3.8, 4) is 0 Å². The van der Waals surface area contributed by atoms with Crippen LogP contribution in [-0.2, 0) is 16.6 Å². The highest BCUT2D eigenvalue weighted by Gasteiger charge is 2.10. The van der Waals surface area contributed by atoms with Crippen LogP contribution in [-0.4, -0.2) is 9.46 Å². The number of hydrogen-bond donors (Lipinski definition) is 1. The summed E-state index contributed by atoms with van der Waals surface area (Å²) in [5.41, 5.74) is 6.22. The number of anilines is 1. The number of nitrogen functional groups attached to an aromatic ring is 1. The van der Waals surface area contributed by atoms with Gasteiger partial charge in [-0.05, 0) is 24.1 Å². The Kier molecular flexibility index (Phi) is 4.27. The highest BCUT2D eigenvalue weighted by Crippen LogP contribution is 2.15. The SMILES string of the molecule is CCC(C)S(=O)Cc1ccc(N)c(F)c1. The Morgan fingerprint density at radius 3 is 2.73 bits per heavy atom. The van der Waals surface area contributed by atoms with E-state index >= 15 is 0 Å². The maximum Gasteiger partial charge on any atom is 0.146 e. The molecule has 1 aromatic carbocycles. The summed E-state index contributed by atoms with van der Waals surface area (Å²) in [7, 11) is -0.938. The van der Waals surface area contributed by atoms with Crippen molar-refractivity contribution in [3.05, 3.63) is 29.6 Å². The Morgan fingerprint density at radius 2 is 2.20 bits per heavy atom. The molecule has 0 fully saturated rings. The summed E-state index contributed by atoms with van der Waals surface area (Å²) in [6.45, 7) is 3.93. The molecule has 0 aliphatic carbocycles. The lowest BCUT2D eigenvalue weighted by Crippen LogP contribution is -2.11. The molecular weight excluding hydrogens is 213 g/mol. The highest BCUT2D eigenvalue weighted by molar-refractivity contribution is 7.84. The van der Waals surface area contributed by atoms with Crippen LogP contribution in [0.25, 0.3) is 0 Å². The zero-order chi connectivity index (χ0) is 11.4. The minimum absolute atomic E-state index is 0.132. The van der Waals surface area contributed by atoms with E-state index < -0.39 is 16.6 Å². The van der Waals surface area contributed by atoms with Gasteiger partial charge in [0.1, 0.15) is 5.82 Å². The number of hydrogen-bond acceptors (Lipinski definition) is 2. The summed E-state index contributed by atoms with van der Waals surface area (Å²) in [4.78, 5) is 0. The molecule has 0 aromatic heterocycles. The van der Waals surface area contributed by atoms with E-state index in [1.54, 1.807) is 6.07 Å². The predicted octanol–water partition coefficient (Wildman–Crippen LogP) is 2.46. The zero-order valence-electron chi connectivity index (χ0n) is 9.00. The van der Waals surface area contributed by atoms with Gasteiger partial charge in [0.2, 0.25) is 0 Å². The van der Waals surface area contributed by atoms with Gasteiger partial charge in [-0.2, -0.15) is 0 Å². The molecule has 2 unspecified atom stereocenters. The second-order valence-corrected chi connectivity index (χ2v) is 5.45. The minimum atomic E-state index is -0.938. The number of benzene rings is 1. The molecule has 2 atom stereocenters. The molecule has 0 saturated carbocycles. The van der Waals surface area contributed by atoms with Crippen LogP contribution in [0.2, 0.25) is 0 Å². The molecule has 2 nitrogen and oxygen atoms in total. The van der Waals surface area contributed by atoms with Gasteiger partial charge in [0, 0.05) is 21.8 Å². The van der Waals surface area contributed by atoms with Gasteiger partial charge in [0.15, 0.2) is 0 Å². The number of nitrogens with two attached hydrogens (primary N) is 1. The van der Waals surface area contributed by atoms with Crippen LogP contribution >= 0.6 is 0 Å². The lowest BCUT2D eigenvalue weighted by molar-refractivity contribution is 0.631. The van der Waals surface area contributed by atoms with Crippen LogP contribution in [0.1, 0.15) is 25.8 Å². The molecule has 1 rings (SSSR count). The van der Waals surface area contributed by atoms with Crippen molar-refractivity contribution in [2.24, 2.45) is 0 Å². The van der Waals surface area contributed by atoms with Crippen LogP contribution < -0.4 is 5.73 Å². The Morgan fingerprint density at radius 1 is 1.53 bits per heavy atom. The van der Waals surface area contributed by atoms with E-state index in [1.807, 2.05) is 13.8 Å². The van der Waals surface area contributed by atoms with Gasteiger partial charge in [-0.25, -0.2) is 4.39 Å². The Labute approximate surface area is 92.1 Å². The summed E-state index contributed by atoms with van der Waals surface area (Å²) in [6, 6.07) is 4.59. The van der Waals surface area contributed by atoms with E-state index in [-0.39, 0.29) is 10.9 Å². The molecule has 0 heterocycles. The molecule has 1 aromatic rings. The van der Waals surface area contributed by atoms with Crippen LogP contribution in [0.5, 0.6) is 0 Å². The average molecular weight is 229 g/mol. The second-order valence-electron chi connectivity index (χ2n) is 3.60. The predicted molar refractivity (Wildman–Crippen MR) is 62.4 cm³/mol. The van der Waals surface area contributed by atoms with E-state index in [0.717, 1.165) is 12.0 Å². The van der Waals surface area contributed by atoms with Crippen molar-refractivity contribution < 1.29 is 8.60 Å².